The van der Waals surface area contributed by atoms with E-state index in [1.165, 1.54) is 57.6 Å². The summed E-state index contributed by atoms with van der Waals surface area (Å²) < 4.78 is 0. The van der Waals surface area contributed by atoms with Gasteiger partial charge in [-0.15, -0.1) is 0 Å². The Morgan fingerprint density at radius 2 is 0.865 bits per heavy atom. The van der Waals surface area contributed by atoms with E-state index in [1.54, 1.807) is 105 Å². The number of fused-ring (bicyclic) bond motifs is 2. The Kier molecular flexibility index (Phi) is 29.4. The van der Waals surface area contributed by atoms with Crippen LogP contribution in [0, 0.1) is 5.92 Å². The van der Waals surface area contributed by atoms with Crippen LogP contribution in [-0.2, 0) is 94.4 Å². The van der Waals surface area contributed by atoms with Crippen molar-refractivity contribution in [2.45, 2.75) is 146 Å². The molecule has 0 aliphatic carbocycles. The quantitative estimate of drug-likeness (QED) is 0.0203. The zero-order valence-corrected chi connectivity index (χ0v) is 59.1. The topological polar surface area (TPSA) is 501 Å². The molecule has 0 bridgehead atoms. The number of carbonyl (C=O) groups is 13. The average Bonchev–Trinajstić information content (AvgIpc) is 1.62. The van der Waals surface area contributed by atoms with E-state index in [0.717, 1.165) is 0 Å². The number of aliphatic hydroxyl groups excluding tert-OH is 1. The number of aromatic nitrogens is 4. The van der Waals surface area contributed by atoms with Gasteiger partial charge in [0.25, 0.3) is 0 Å². The molecule has 0 saturated heterocycles. The summed E-state index contributed by atoms with van der Waals surface area (Å²) in [5.41, 5.74) is 9.35. The number of para-hydroxylation sites is 2. The van der Waals surface area contributed by atoms with Crippen LogP contribution in [0.2, 0.25) is 0 Å². The van der Waals surface area contributed by atoms with Crippen molar-refractivity contribution in [3.63, 3.8) is 0 Å². The van der Waals surface area contributed by atoms with E-state index in [1.807, 2.05) is 0 Å². The highest BCUT2D eigenvalue weighted by atomic mass is 32.1. The number of aliphatic carboxylic acids is 1. The molecule has 0 spiro atoms. The minimum absolute atomic E-state index is 0.0259. The first kappa shape index (κ1) is 80.1. The van der Waals surface area contributed by atoms with Gasteiger partial charge in [-0.1, -0.05) is 92.7 Å². The van der Waals surface area contributed by atoms with Crippen molar-refractivity contribution in [2.24, 2.45) is 11.7 Å². The zero-order valence-electron chi connectivity index (χ0n) is 57.4. The van der Waals surface area contributed by atoms with E-state index in [2.05, 4.69) is 104 Å². The molecule has 7 aromatic rings. The molecule has 0 saturated carbocycles. The first-order valence-corrected chi connectivity index (χ1v) is 34.4. The Morgan fingerprint density at radius 1 is 0.452 bits per heavy atom. The van der Waals surface area contributed by atoms with Gasteiger partial charge in [-0.2, -0.15) is 25.3 Å². The number of phenolic OH excluding ortho intramolecular Hbond substituents is 1. The SMILES string of the molecule is CC(=O)N[C@@H](CS)C(=O)N[C@@H](C)C(=O)N[C@@H](CC(=O)O)C(=O)N[C@@H](Cc1c[nH]c2ccccc12)C(=O)N[C@H](C(=O)N[C@@H](CS)C(=O)N[C@@H](Cc1ccc(O)cc1)C(=O)N[C@@H](Cc1c[nH]c2ccccc12)C(=O)N[C@@H](Cc1cnc[nH]1)C(=O)N[C@H](C(=O)N[C@@H](Cc1ccccc1)C(N)=O)[C@@H](C)O)C(C)C. The van der Waals surface area contributed by atoms with E-state index < -0.39 is 168 Å². The Bertz CT molecular complexity index is 4190. The third kappa shape index (κ3) is 23.1. The molecule has 0 fully saturated rings. The predicted molar refractivity (Wildman–Crippen MR) is 387 cm³/mol. The molecule has 12 atom stereocenters. The number of nitrogens with one attached hydrogen (secondary N) is 14. The molecular formula is C70H86N16O16S2. The number of carboxylic acids is 1. The fourth-order valence-electron chi connectivity index (χ4n) is 11.2. The number of imidazole rings is 1. The molecule has 554 valence electrons. The van der Waals surface area contributed by atoms with Crippen LogP contribution < -0.4 is 64.2 Å². The van der Waals surface area contributed by atoms with Crippen LogP contribution in [0.25, 0.3) is 21.8 Å². The van der Waals surface area contributed by atoms with Gasteiger partial charge < -0.3 is 94.5 Å². The van der Waals surface area contributed by atoms with Gasteiger partial charge in [0.2, 0.25) is 70.9 Å². The number of rotatable bonds is 38. The van der Waals surface area contributed by atoms with Gasteiger partial charge in [0.15, 0.2) is 0 Å². The molecule has 7 rings (SSSR count). The van der Waals surface area contributed by atoms with Crippen molar-refractivity contribution < 1.29 is 77.6 Å². The van der Waals surface area contributed by atoms with Crippen LogP contribution in [0.4, 0.5) is 0 Å². The number of hydrogen-bond donors (Lipinski definition) is 20. The molecule has 0 aliphatic rings. The summed E-state index contributed by atoms with van der Waals surface area (Å²) in [5, 5.41) is 60.3. The minimum atomic E-state index is -1.85. The van der Waals surface area contributed by atoms with Crippen LogP contribution in [-0.4, -0.2) is 196 Å². The number of carboxylic acid groups (broad SMARTS) is 1. The summed E-state index contributed by atoms with van der Waals surface area (Å²) in [7, 11) is 0. The molecule has 104 heavy (non-hydrogen) atoms. The summed E-state index contributed by atoms with van der Waals surface area (Å²) in [6.45, 7) is 6.76. The highest BCUT2D eigenvalue weighted by Crippen LogP contribution is 2.22. The zero-order chi connectivity index (χ0) is 75.9. The first-order valence-electron chi connectivity index (χ1n) is 33.1. The van der Waals surface area contributed by atoms with E-state index in [9.17, 15) is 68.1 Å². The molecule has 3 aromatic heterocycles. The summed E-state index contributed by atoms with van der Waals surface area (Å²) >= 11 is 8.47. The number of benzene rings is 4. The maximum atomic E-state index is 15.1. The number of aromatic amines is 3. The summed E-state index contributed by atoms with van der Waals surface area (Å²) in [6, 6.07) is 11.5. The van der Waals surface area contributed by atoms with Gasteiger partial charge >= 0.3 is 5.97 Å². The number of nitrogens with two attached hydrogens (primary N) is 1. The van der Waals surface area contributed by atoms with E-state index in [0.29, 0.717) is 49.8 Å². The number of primary amides is 1. The highest BCUT2D eigenvalue weighted by molar-refractivity contribution is 7.80. The van der Waals surface area contributed by atoms with E-state index >= 15 is 9.59 Å². The van der Waals surface area contributed by atoms with Crippen LogP contribution in [0.1, 0.15) is 69.0 Å². The standard InChI is InChI=1S/C70H86N16O16S2/c1-35(2)58(85-65(97)52(26-42-30-74-48-18-12-10-16-46(42)48)82-64(96)54(28-57(90)91)79-61(93)36(3)76-67(99)55(32-103)77-38(5)88)69(101)84-56(33-104)68(100)80-50(24-40-19-21-44(89)22-20-40)62(94)81-51(25-41-29-73-47-17-11-9-15-45(41)47)63(95)83-53(27-43-31-72-34-75-43)66(98)86-59(37(4)87)70(102)78-49(60(71)92)23-39-13-7-6-8-14-39/h6-22,29-31,34-37,49-56,58-59,73-74,87,89,103-104H,23-28,32-33H2,1-5H3,(H2,71,92)(H,72,75)(H,76,99)(H,77,88)(H,78,102)(H,79,93)(H,80,100)(H,81,94)(H,82,96)(H,83,95)(H,84,101)(H,85,97)(H,86,98)(H,90,91)/t36-,37+,49-,50-,51-,52-,53-,54-,55-,56-,58-,59-/m0/s1. The van der Waals surface area contributed by atoms with Crippen molar-refractivity contribution in [2.75, 3.05) is 11.5 Å². The molecular weight excluding hydrogens is 1380 g/mol. The molecule has 19 N–H and O–H groups in total. The van der Waals surface area contributed by atoms with Gasteiger partial charge in [0.1, 0.15) is 72.2 Å². The molecule has 4 aromatic carbocycles. The van der Waals surface area contributed by atoms with Gasteiger partial charge in [0, 0.05) is 96.6 Å². The molecule has 0 unspecified atom stereocenters. The number of carbonyl (C=O) groups excluding carboxylic acids is 12. The lowest BCUT2D eigenvalue weighted by Gasteiger charge is -2.29. The third-order valence-electron chi connectivity index (χ3n) is 16.8. The second-order valence-corrected chi connectivity index (χ2v) is 25.9. The lowest BCUT2D eigenvalue weighted by molar-refractivity contribution is -0.141. The van der Waals surface area contributed by atoms with Gasteiger partial charge in [0.05, 0.1) is 18.9 Å². The summed E-state index contributed by atoms with van der Waals surface area (Å²) in [6.07, 6.45) is 2.16. The van der Waals surface area contributed by atoms with Gasteiger partial charge in [-0.3, -0.25) is 62.3 Å². The third-order valence-corrected chi connectivity index (χ3v) is 17.5. The van der Waals surface area contributed by atoms with Crippen LogP contribution in [0.5, 0.6) is 5.75 Å². The highest BCUT2D eigenvalue weighted by Gasteiger charge is 2.38. The Labute approximate surface area is 607 Å². The van der Waals surface area contributed by atoms with E-state index in [-0.39, 0.29) is 43.6 Å². The van der Waals surface area contributed by atoms with Crippen LogP contribution in [0.15, 0.2) is 128 Å². The Morgan fingerprint density at radius 3 is 1.36 bits per heavy atom. The second-order valence-electron chi connectivity index (χ2n) is 25.2. The van der Waals surface area contributed by atoms with Crippen LogP contribution >= 0.6 is 25.3 Å². The maximum absolute atomic E-state index is 15.1. The number of aliphatic hydroxyl groups is 1. The van der Waals surface area contributed by atoms with Crippen molar-refractivity contribution in [3.05, 3.63) is 156 Å². The number of H-pyrrole nitrogens is 3. The Balaban J connectivity index is 1.13. The molecule has 12 amide bonds. The fraction of sp³-hybridized carbons (Fsp3) is 0.371. The van der Waals surface area contributed by atoms with Gasteiger partial charge in [-0.25, -0.2) is 4.98 Å². The largest absolute Gasteiger partial charge is 0.508 e. The normalized spacial score (nSPS) is 14.7. The summed E-state index contributed by atoms with van der Waals surface area (Å²) in [4.78, 5) is 193. The minimum Gasteiger partial charge on any atom is -0.508 e. The molecule has 3 heterocycles. The number of aromatic hydroxyl groups is 1. The Hall–Kier alpha value is -11.3. The molecule has 32 nitrogen and oxygen atoms in total. The lowest BCUT2D eigenvalue weighted by atomic mass is 9.99. The number of phenols is 1. The second kappa shape index (κ2) is 38.1. The van der Waals surface area contributed by atoms with Crippen molar-refractivity contribution in [1.29, 1.82) is 0 Å². The smallest absolute Gasteiger partial charge is 0.305 e. The van der Waals surface area contributed by atoms with Crippen molar-refractivity contribution in [1.82, 2.24) is 78.4 Å². The van der Waals surface area contributed by atoms with Crippen LogP contribution in [0.3, 0.4) is 0 Å². The predicted octanol–water partition coefficient (Wildman–Crippen LogP) is -1.18. The fourth-order valence-corrected chi connectivity index (χ4v) is 11.7. The maximum Gasteiger partial charge on any atom is 0.305 e. The number of hydrogen-bond acceptors (Lipinski definition) is 18. The number of nitrogens with zero attached hydrogens (tertiary/aromatic N) is 1. The van der Waals surface area contributed by atoms with E-state index in [4.69, 9.17) is 5.73 Å². The molecule has 0 aliphatic heterocycles. The van der Waals surface area contributed by atoms with Crippen molar-refractivity contribution in [3.8, 4) is 5.75 Å². The van der Waals surface area contributed by atoms with Gasteiger partial charge in [-0.05, 0) is 66.3 Å². The van der Waals surface area contributed by atoms with Crippen molar-refractivity contribution >= 4 is 124 Å². The number of thiol groups is 2. The monoisotopic (exact) mass is 1470 g/mol. The lowest BCUT2D eigenvalue weighted by Crippen LogP contribution is -2.62. The first-order chi connectivity index (χ1) is 49.5. The average molecular weight is 1470 g/mol. The summed E-state index contributed by atoms with van der Waals surface area (Å²) in [5.74, 6) is -14.3. The molecule has 34 heteroatoms. The molecule has 0 radical (unpaired) electrons. The number of amides is 12.